The van der Waals surface area contributed by atoms with Crippen molar-refractivity contribution in [2.75, 3.05) is 38.6 Å². The average Bonchev–Trinajstić information content (AvgIpc) is 3.15. The van der Waals surface area contributed by atoms with Gasteiger partial charge in [-0.25, -0.2) is 14.6 Å². The molecule has 0 saturated carbocycles. The van der Waals surface area contributed by atoms with Gasteiger partial charge in [-0.3, -0.25) is 0 Å². The molecule has 2 aromatic carbocycles. The molecule has 0 radical (unpaired) electrons. The van der Waals surface area contributed by atoms with E-state index < -0.39 is 5.97 Å². The summed E-state index contributed by atoms with van der Waals surface area (Å²) in [4.78, 5) is 32.7. The lowest BCUT2D eigenvalue weighted by atomic mass is 10.2. The second kappa shape index (κ2) is 8.69. The second-order valence-electron chi connectivity index (χ2n) is 6.87. The molecule has 0 aromatic heterocycles. The van der Waals surface area contributed by atoms with E-state index in [0.29, 0.717) is 37.5 Å². The zero-order chi connectivity index (χ0) is 20.9. The van der Waals surface area contributed by atoms with Gasteiger partial charge in [-0.2, -0.15) is 0 Å². The van der Waals surface area contributed by atoms with Gasteiger partial charge in [0, 0.05) is 43.6 Å². The van der Waals surface area contributed by atoms with Crippen LogP contribution in [0.1, 0.15) is 5.56 Å². The molecule has 1 saturated heterocycles. The number of nitrogens with zero attached hydrogens (tertiary/aromatic N) is 3. The smallest absolute Gasteiger partial charge is 0.365 e. The van der Waals surface area contributed by atoms with Crippen LogP contribution in [-0.2, 0) is 9.53 Å². The SMILES string of the molecule is COc1cccc(C2=NC(=CN3CCN(C(=O)Nc4ccccc4)CC3)C(=O)O2)c1. The van der Waals surface area contributed by atoms with Crippen molar-refractivity contribution < 1.29 is 19.1 Å². The predicted octanol–water partition coefficient (Wildman–Crippen LogP) is 2.69. The molecule has 0 bridgehead atoms. The fourth-order valence-corrected chi connectivity index (χ4v) is 3.23. The van der Waals surface area contributed by atoms with Gasteiger partial charge in [0.1, 0.15) is 5.75 Å². The minimum atomic E-state index is -0.489. The molecule has 8 nitrogen and oxygen atoms in total. The third-order valence-corrected chi connectivity index (χ3v) is 4.87. The molecule has 2 amide bonds. The number of benzene rings is 2. The number of piperazine rings is 1. The first-order chi connectivity index (χ1) is 14.6. The number of ether oxygens (including phenoxy) is 2. The third kappa shape index (κ3) is 4.43. The highest BCUT2D eigenvalue weighted by Gasteiger charge is 2.27. The molecule has 0 unspecified atom stereocenters. The number of anilines is 1. The Morgan fingerprint density at radius 2 is 1.87 bits per heavy atom. The Hall–Kier alpha value is -3.81. The standard InChI is InChI=1S/C22H22N4O4/c1-29-18-9-5-6-16(14-18)20-24-19(21(27)30-20)15-25-10-12-26(13-11-25)22(28)23-17-7-3-2-4-8-17/h2-9,14-15H,10-13H2,1H3,(H,23,28). The summed E-state index contributed by atoms with van der Waals surface area (Å²) in [5.41, 5.74) is 1.68. The molecule has 154 valence electrons. The van der Waals surface area contributed by atoms with Crippen LogP contribution < -0.4 is 10.1 Å². The first-order valence-electron chi connectivity index (χ1n) is 9.64. The van der Waals surface area contributed by atoms with Crippen LogP contribution in [0.25, 0.3) is 0 Å². The van der Waals surface area contributed by atoms with Crippen molar-refractivity contribution in [2.24, 2.45) is 4.99 Å². The maximum Gasteiger partial charge on any atom is 0.365 e. The van der Waals surface area contributed by atoms with Gasteiger partial charge in [0.2, 0.25) is 5.90 Å². The first-order valence-corrected chi connectivity index (χ1v) is 9.64. The molecular formula is C22H22N4O4. The number of amides is 2. The highest BCUT2D eigenvalue weighted by Crippen LogP contribution is 2.20. The molecule has 1 N–H and O–H groups in total. The Kier molecular flexibility index (Phi) is 5.65. The number of hydrogen-bond donors (Lipinski definition) is 1. The first kappa shape index (κ1) is 19.5. The molecule has 0 atom stereocenters. The summed E-state index contributed by atoms with van der Waals surface area (Å²) >= 11 is 0. The van der Waals surface area contributed by atoms with E-state index in [1.165, 1.54) is 0 Å². The van der Waals surface area contributed by atoms with E-state index >= 15 is 0 Å². The van der Waals surface area contributed by atoms with E-state index in [1.807, 2.05) is 53.4 Å². The molecule has 0 aliphatic carbocycles. The van der Waals surface area contributed by atoms with Gasteiger partial charge in [-0.1, -0.05) is 24.3 Å². The van der Waals surface area contributed by atoms with E-state index in [-0.39, 0.29) is 17.6 Å². The molecule has 2 aromatic rings. The van der Waals surface area contributed by atoms with Crippen molar-refractivity contribution in [3.63, 3.8) is 0 Å². The number of hydrogen-bond acceptors (Lipinski definition) is 6. The van der Waals surface area contributed by atoms with E-state index in [1.54, 1.807) is 24.3 Å². The van der Waals surface area contributed by atoms with Crippen molar-refractivity contribution in [2.45, 2.75) is 0 Å². The highest BCUT2D eigenvalue weighted by atomic mass is 16.6. The fraction of sp³-hybridized carbons (Fsp3) is 0.227. The lowest BCUT2D eigenvalue weighted by Crippen LogP contribution is -2.48. The van der Waals surface area contributed by atoms with Crippen molar-refractivity contribution >= 4 is 23.6 Å². The van der Waals surface area contributed by atoms with Gasteiger partial charge >= 0.3 is 12.0 Å². The van der Waals surface area contributed by atoms with Crippen molar-refractivity contribution in [3.8, 4) is 5.75 Å². The van der Waals surface area contributed by atoms with Crippen molar-refractivity contribution in [3.05, 3.63) is 72.1 Å². The zero-order valence-electron chi connectivity index (χ0n) is 16.6. The van der Waals surface area contributed by atoms with Gasteiger partial charge in [-0.05, 0) is 30.3 Å². The monoisotopic (exact) mass is 406 g/mol. The van der Waals surface area contributed by atoms with Crippen LogP contribution >= 0.6 is 0 Å². The number of aliphatic imine (C=N–C) groups is 1. The largest absolute Gasteiger partial charge is 0.497 e. The highest BCUT2D eigenvalue weighted by molar-refractivity contribution is 6.11. The van der Waals surface area contributed by atoms with Gasteiger partial charge in [0.15, 0.2) is 5.70 Å². The third-order valence-electron chi connectivity index (χ3n) is 4.87. The molecule has 0 spiro atoms. The van der Waals surface area contributed by atoms with Crippen LogP contribution in [0.4, 0.5) is 10.5 Å². The maximum atomic E-state index is 12.4. The summed E-state index contributed by atoms with van der Waals surface area (Å²) in [5.74, 6) is 0.427. The Morgan fingerprint density at radius 3 is 2.60 bits per heavy atom. The second-order valence-corrected chi connectivity index (χ2v) is 6.87. The average molecular weight is 406 g/mol. The molecule has 1 fully saturated rings. The number of para-hydroxylation sites is 1. The number of cyclic esters (lactones) is 1. The lowest BCUT2D eigenvalue weighted by Gasteiger charge is -2.34. The van der Waals surface area contributed by atoms with Crippen LogP contribution in [0.5, 0.6) is 5.75 Å². The maximum absolute atomic E-state index is 12.4. The fourth-order valence-electron chi connectivity index (χ4n) is 3.23. The summed E-state index contributed by atoms with van der Waals surface area (Å²) in [6, 6.07) is 16.4. The Morgan fingerprint density at radius 1 is 1.10 bits per heavy atom. The van der Waals surface area contributed by atoms with E-state index in [2.05, 4.69) is 10.3 Å². The minimum absolute atomic E-state index is 0.132. The zero-order valence-corrected chi connectivity index (χ0v) is 16.6. The molecule has 2 aliphatic rings. The summed E-state index contributed by atoms with van der Waals surface area (Å²) < 4.78 is 10.5. The van der Waals surface area contributed by atoms with Crippen LogP contribution in [0.2, 0.25) is 0 Å². The summed E-state index contributed by atoms with van der Waals surface area (Å²) in [5, 5.41) is 2.89. The number of esters is 1. The van der Waals surface area contributed by atoms with Crippen molar-refractivity contribution in [1.82, 2.24) is 9.80 Å². The number of nitrogens with one attached hydrogen (secondary N) is 1. The lowest BCUT2D eigenvalue weighted by molar-refractivity contribution is -0.130. The molecule has 2 aliphatic heterocycles. The number of carbonyl (C=O) groups excluding carboxylic acids is 2. The minimum Gasteiger partial charge on any atom is -0.497 e. The van der Waals surface area contributed by atoms with Crippen LogP contribution in [0.3, 0.4) is 0 Å². The van der Waals surface area contributed by atoms with E-state index in [4.69, 9.17) is 9.47 Å². The summed E-state index contributed by atoms with van der Waals surface area (Å²) in [7, 11) is 1.58. The van der Waals surface area contributed by atoms with E-state index in [0.717, 1.165) is 5.69 Å². The van der Waals surface area contributed by atoms with Crippen molar-refractivity contribution in [1.29, 1.82) is 0 Å². The van der Waals surface area contributed by atoms with Crippen LogP contribution in [0.15, 0.2) is 71.5 Å². The van der Waals surface area contributed by atoms with Crippen LogP contribution in [-0.4, -0.2) is 61.0 Å². The Bertz CT molecular complexity index is 995. The van der Waals surface area contributed by atoms with Crippen LogP contribution in [0, 0.1) is 0 Å². The normalized spacial score (nSPS) is 17.6. The van der Waals surface area contributed by atoms with Gasteiger partial charge in [-0.15, -0.1) is 0 Å². The molecule has 8 heteroatoms. The van der Waals surface area contributed by atoms with Gasteiger partial charge in [0.25, 0.3) is 0 Å². The molecule has 30 heavy (non-hydrogen) atoms. The number of methoxy groups -OCH3 is 1. The topological polar surface area (TPSA) is 83.5 Å². The summed E-state index contributed by atoms with van der Waals surface area (Å²) in [6.45, 7) is 2.29. The Labute approximate surface area is 174 Å². The van der Waals surface area contributed by atoms with Gasteiger partial charge < -0.3 is 24.6 Å². The van der Waals surface area contributed by atoms with E-state index in [9.17, 15) is 9.59 Å². The Balaban J connectivity index is 1.37. The molecule has 4 rings (SSSR count). The summed E-state index contributed by atoms with van der Waals surface area (Å²) in [6.07, 6.45) is 1.70. The number of rotatable bonds is 4. The predicted molar refractivity (Wildman–Crippen MR) is 112 cm³/mol. The van der Waals surface area contributed by atoms with Gasteiger partial charge in [0.05, 0.1) is 7.11 Å². The number of carbonyl (C=O) groups is 2. The molecule has 2 heterocycles. The number of urea groups is 1. The quantitative estimate of drug-likeness (QED) is 0.624. The molecular weight excluding hydrogens is 384 g/mol.